The normalized spacial score (nSPS) is 44.3. The van der Waals surface area contributed by atoms with Gasteiger partial charge in [0.25, 0.3) is 0 Å². The molecule has 2 N–H and O–H groups in total. The van der Waals surface area contributed by atoms with Crippen LogP contribution in [0, 0.1) is 5.92 Å². The largest absolute Gasteiger partial charge is 0.389 e. The summed E-state index contributed by atoms with van der Waals surface area (Å²) in [5.74, 6) is 0.826. The third kappa shape index (κ3) is 3.79. The highest BCUT2D eigenvalue weighted by Gasteiger charge is 2.41. The Kier molecular flexibility index (Phi) is 4.89. The second-order valence-corrected chi connectivity index (χ2v) is 7.48. The van der Waals surface area contributed by atoms with Gasteiger partial charge < -0.3 is 19.9 Å². The molecule has 3 rings (SSSR count). The third-order valence-corrected chi connectivity index (χ3v) is 5.89. The Bertz CT molecular complexity index is 333. The summed E-state index contributed by atoms with van der Waals surface area (Å²) in [5.41, 5.74) is -0.526. The lowest BCUT2D eigenvalue weighted by Crippen LogP contribution is -2.52. The minimum atomic E-state index is -0.483. The zero-order chi connectivity index (χ0) is 14.8. The maximum absolute atomic E-state index is 10.8. The van der Waals surface area contributed by atoms with Gasteiger partial charge in [0, 0.05) is 32.2 Å². The molecule has 1 aliphatic carbocycles. The molecule has 0 aromatic heterocycles. The Morgan fingerprint density at radius 3 is 2.62 bits per heavy atom. The quantitative estimate of drug-likeness (QED) is 0.835. The molecule has 3 aliphatic rings. The summed E-state index contributed by atoms with van der Waals surface area (Å²) in [6.07, 6.45) is 8.63. The maximum atomic E-state index is 10.8. The minimum absolute atomic E-state index is 0.0432. The molecule has 122 valence electrons. The van der Waals surface area contributed by atoms with E-state index in [0.29, 0.717) is 6.04 Å². The van der Waals surface area contributed by atoms with Crippen molar-refractivity contribution in [1.82, 2.24) is 5.32 Å². The van der Waals surface area contributed by atoms with Crippen LogP contribution in [0.2, 0.25) is 0 Å². The Labute approximate surface area is 128 Å². The van der Waals surface area contributed by atoms with E-state index in [9.17, 15) is 5.11 Å². The highest BCUT2D eigenvalue weighted by atomic mass is 16.6. The minimum Gasteiger partial charge on any atom is -0.389 e. The smallest absolute Gasteiger partial charge is 0.0951 e. The fourth-order valence-electron chi connectivity index (χ4n) is 4.20. The first-order chi connectivity index (χ1) is 10.1. The molecule has 0 amide bonds. The predicted molar refractivity (Wildman–Crippen MR) is 82.3 cm³/mol. The Hall–Kier alpha value is -0.160. The van der Waals surface area contributed by atoms with Gasteiger partial charge in [-0.05, 0) is 44.4 Å². The summed E-state index contributed by atoms with van der Waals surface area (Å²) >= 11 is 0. The van der Waals surface area contributed by atoms with Gasteiger partial charge >= 0.3 is 0 Å². The van der Waals surface area contributed by atoms with Crippen LogP contribution in [-0.2, 0) is 9.47 Å². The Morgan fingerprint density at radius 1 is 1.14 bits per heavy atom. The van der Waals surface area contributed by atoms with E-state index in [2.05, 4.69) is 12.2 Å². The lowest BCUT2D eigenvalue weighted by Gasteiger charge is -2.40. The molecular weight excluding hydrogens is 266 g/mol. The number of nitrogens with one attached hydrogen (secondary N) is 1. The molecule has 4 nitrogen and oxygen atoms in total. The number of ether oxygens (including phenoxy) is 2. The average Bonchev–Trinajstić information content (AvgIpc) is 2.94. The first kappa shape index (κ1) is 15.7. The number of aliphatic hydroxyl groups is 1. The van der Waals surface area contributed by atoms with Crippen molar-refractivity contribution >= 4 is 0 Å². The highest BCUT2D eigenvalue weighted by Crippen LogP contribution is 2.35. The standard InChI is InChI=1S/C17H31NO3/c1-2-14-3-6-16(19,7-4-14)12-18-15-5-9-21-17(11-15)8-10-20-13-17/h14-15,18-19H,2-13H2,1H3. The van der Waals surface area contributed by atoms with Crippen LogP contribution in [0.5, 0.6) is 0 Å². The molecule has 0 aromatic rings. The van der Waals surface area contributed by atoms with Crippen molar-refractivity contribution in [2.75, 3.05) is 26.4 Å². The molecule has 2 heterocycles. The molecule has 21 heavy (non-hydrogen) atoms. The van der Waals surface area contributed by atoms with Crippen molar-refractivity contribution < 1.29 is 14.6 Å². The van der Waals surface area contributed by atoms with Gasteiger partial charge in [-0.1, -0.05) is 13.3 Å². The van der Waals surface area contributed by atoms with Crippen molar-refractivity contribution in [3.63, 3.8) is 0 Å². The van der Waals surface area contributed by atoms with Crippen LogP contribution < -0.4 is 5.32 Å². The van der Waals surface area contributed by atoms with Gasteiger partial charge in [0.05, 0.1) is 17.8 Å². The van der Waals surface area contributed by atoms with E-state index in [4.69, 9.17) is 9.47 Å². The maximum Gasteiger partial charge on any atom is 0.0951 e. The van der Waals surface area contributed by atoms with E-state index in [1.807, 2.05) is 0 Å². The first-order valence-corrected chi connectivity index (χ1v) is 8.81. The topological polar surface area (TPSA) is 50.7 Å². The zero-order valence-corrected chi connectivity index (χ0v) is 13.4. The number of hydrogen-bond donors (Lipinski definition) is 2. The van der Waals surface area contributed by atoms with Crippen LogP contribution in [0.3, 0.4) is 0 Å². The summed E-state index contributed by atoms with van der Waals surface area (Å²) in [5, 5.41) is 14.4. The number of rotatable bonds is 4. The predicted octanol–water partition coefficient (Wildman–Crippen LogP) is 2.25. The first-order valence-electron chi connectivity index (χ1n) is 8.81. The average molecular weight is 297 g/mol. The van der Waals surface area contributed by atoms with Crippen LogP contribution in [0.15, 0.2) is 0 Å². The number of hydrogen-bond acceptors (Lipinski definition) is 4. The van der Waals surface area contributed by atoms with E-state index >= 15 is 0 Å². The molecule has 2 unspecified atom stereocenters. The molecule has 1 saturated carbocycles. The van der Waals surface area contributed by atoms with Crippen LogP contribution in [-0.4, -0.2) is 48.7 Å². The summed E-state index contributed by atoms with van der Waals surface area (Å²) in [4.78, 5) is 0. The fourth-order valence-corrected chi connectivity index (χ4v) is 4.20. The second-order valence-electron chi connectivity index (χ2n) is 7.48. The van der Waals surface area contributed by atoms with Crippen LogP contribution in [0.25, 0.3) is 0 Å². The molecule has 3 fully saturated rings. The lowest BCUT2D eigenvalue weighted by molar-refractivity contribution is -0.0928. The summed E-state index contributed by atoms with van der Waals surface area (Å²) in [6.45, 7) is 5.39. The van der Waals surface area contributed by atoms with Crippen molar-refractivity contribution in [1.29, 1.82) is 0 Å². The molecule has 0 aromatic carbocycles. The van der Waals surface area contributed by atoms with Crippen LogP contribution >= 0.6 is 0 Å². The van der Waals surface area contributed by atoms with E-state index < -0.39 is 5.60 Å². The fraction of sp³-hybridized carbons (Fsp3) is 1.00. The monoisotopic (exact) mass is 297 g/mol. The van der Waals surface area contributed by atoms with E-state index in [1.54, 1.807) is 0 Å². The van der Waals surface area contributed by atoms with Gasteiger partial charge in [0.1, 0.15) is 0 Å². The molecule has 1 spiro atoms. The van der Waals surface area contributed by atoms with Crippen molar-refractivity contribution in [3.8, 4) is 0 Å². The molecular formula is C17H31NO3. The summed E-state index contributed by atoms with van der Waals surface area (Å²) in [6, 6.07) is 0.466. The van der Waals surface area contributed by atoms with E-state index in [-0.39, 0.29) is 5.60 Å². The van der Waals surface area contributed by atoms with Crippen LogP contribution in [0.4, 0.5) is 0 Å². The third-order valence-electron chi connectivity index (χ3n) is 5.89. The SMILES string of the molecule is CCC1CCC(O)(CNC2CCOC3(CCOC3)C2)CC1. The van der Waals surface area contributed by atoms with Gasteiger partial charge in [-0.15, -0.1) is 0 Å². The highest BCUT2D eigenvalue weighted by molar-refractivity contribution is 4.94. The molecule has 0 bridgehead atoms. The Morgan fingerprint density at radius 2 is 1.95 bits per heavy atom. The van der Waals surface area contributed by atoms with Gasteiger partial charge in [-0.25, -0.2) is 0 Å². The van der Waals surface area contributed by atoms with Crippen LogP contribution in [0.1, 0.15) is 58.3 Å². The summed E-state index contributed by atoms with van der Waals surface area (Å²) < 4.78 is 11.5. The second kappa shape index (κ2) is 6.53. The Balaban J connectivity index is 1.46. The van der Waals surface area contributed by atoms with E-state index in [1.165, 1.54) is 19.3 Å². The molecule has 4 heteroatoms. The van der Waals surface area contributed by atoms with Crippen molar-refractivity contribution in [3.05, 3.63) is 0 Å². The molecule has 0 radical (unpaired) electrons. The lowest BCUT2D eigenvalue weighted by atomic mass is 9.77. The molecule has 2 saturated heterocycles. The van der Waals surface area contributed by atoms with Gasteiger partial charge in [0.2, 0.25) is 0 Å². The van der Waals surface area contributed by atoms with Crippen molar-refractivity contribution in [2.24, 2.45) is 5.92 Å². The molecule has 2 aliphatic heterocycles. The van der Waals surface area contributed by atoms with E-state index in [0.717, 1.165) is 64.4 Å². The zero-order valence-electron chi connectivity index (χ0n) is 13.4. The molecule has 2 atom stereocenters. The van der Waals surface area contributed by atoms with Gasteiger partial charge in [-0.3, -0.25) is 0 Å². The van der Waals surface area contributed by atoms with Crippen molar-refractivity contribution in [2.45, 2.75) is 75.5 Å². The van der Waals surface area contributed by atoms with Gasteiger partial charge in [0.15, 0.2) is 0 Å². The van der Waals surface area contributed by atoms with Gasteiger partial charge in [-0.2, -0.15) is 0 Å². The summed E-state index contributed by atoms with van der Waals surface area (Å²) in [7, 11) is 0.